The number of ketones is 1. The molecule has 228 valence electrons. The van der Waals surface area contributed by atoms with Crippen LogP contribution in [0.1, 0.15) is 47.3 Å². The highest BCUT2D eigenvalue weighted by Gasteiger charge is 2.41. The molecule has 43 heavy (non-hydrogen) atoms. The van der Waals surface area contributed by atoms with Gasteiger partial charge in [0.25, 0.3) is 0 Å². The van der Waals surface area contributed by atoms with Crippen LogP contribution >= 0.6 is 0 Å². The molecule has 13 nitrogen and oxygen atoms in total. The van der Waals surface area contributed by atoms with Crippen LogP contribution in [0.5, 0.6) is 11.5 Å². The Morgan fingerprint density at radius 2 is 1.98 bits per heavy atom. The summed E-state index contributed by atoms with van der Waals surface area (Å²) in [4.78, 5) is 65.4. The standard InChI is InChI=1S/C28H32BFN4O9/c1-2-33-10-11-34(26(37)25(33)36)28(40)32-23(19-8-7-18(15-21(19)30)42-12-4-9-31)22(35)14-17-13-16-5-3-6-20(27(38)39)24(16)43-29(17)41/h3,5-8,15,17,23,41H,2,4,9-14,31H2,1H3,(H,32,40)(H,38,39)/t17-,23?/m1/s1. The molecule has 2 atom stereocenters. The van der Waals surface area contributed by atoms with Crippen molar-refractivity contribution in [3.05, 3.63) is 58.9 Å². The van der Waals surface area contributed by atoms with E-state index in [0.717, 1.165) is 6.07 Å². The number of nitrogens with one attached hydrogen (secondary N) is 1. The minimum atomic E-state index is -1.61. The fourth-order valence-electron chi connectivity index (χ4n) is 5.01. The summed E-state index contributed by atoms with van der Waals surface area (Å²) in [6, 6.07) is 5.49. The van der Waals surface area contributed by atoms with Crippen molar-refractivity contribution >= 4 is 36.7 Å². The van der Waals surface area contributed by atoms with Crippen LogP contribution in [0.15, 0.2) is 36.4 Å². The topological polar surface area (TPSA) is 189 Å². The van der Waals surface area contributed by atoms with Gasteiger partial charge < -0.3 is 35.5 Å². The second kappa shape index (κ2) is 13.7. The van der Waals surface area contributed by atoms with Gasteiger partial charge in [-0.15, -0.1) is 0 Å². The Morgan fingerprint density at radius 1 is 1.21 bits per heavy atom. The van der Waals surface area contributed by atoms with E-state index in [1.165, 1.54) is 29.2 Å². The van der Waals surface area contributed by atoms with Crippen molar-refractivity contribution in [2.75, 3.05) is 32.8 Å². The number of carboxylic acid groups (broad SMARTS) is 1. The van der Waals surface area contributed by atoms with E-state index in [9.17, 15) is 34.1 Å². The molecule has 2 aliphatic heterocycles. The molecule has 1 unspecified atom stereocenters. The quantitative estimate of drug-likeness (QED) is 0.166. The van der Waals surface area contributed by atoms with E-state index < -0.39 is 60.8 Å². The number of Topliss-reactive ketones (excluding diaryl/α,β-unsaturated/α-hetero) is 1. The molecule has 0 spiro atoms. The monoisotopic (exact) mass is 598 g/mol. The van der Waals surface area contributed by atoms with Crippen LogP contribution in [-0.4, -0.2) is 89.4 Å². The number of para-hydroxylation sites is 1. The summed E-state index contributed by atoms with van der Waals surface area (Å²) in [5, 5.41) is 22.5. The number of carboxylic acids is 1. The van der Waals surface area contributed by atoms with Gasteiger partial charge in [-0.3, -0.25) is 19.3 Å². The number of amides is 4. The fraction of sp³-hybridized carbons (Fsp3) is 0.393. The van der Waals surface area contributed by atoms with E-state index in [2.05, 4.69) is 5.32 Å². The van der Waals surface area contributed by atoms with Crippen molar-refractivity contribution in [2.24, 2.45) is 5.73 Å². The summed E-state index contributed by atoms with van der Waals surface area (Å²) >= 11 is 0. The van der Waals surface area contributed by atoms with Gasteiger partial charge in [0.05, 0.1) is 12.2 Å². The molecule has 0 bridgehead atoms. The van der Waals surface area contributed by atoms with Gasteiger partial charge >= 0.3 is 30.9 Å². The van der Waals surface area contributed by atoms with Crippen molar-refractivity contribution in [1.82, 2.24) is 15.1 Å². The molecule has 2 aliphatic rings. The molecule has 0 aromatic heterocycles. The lowest BCUT2D eigenvalue weighted by Crippen LogP contribution is -2.58. The van der Waals surface area contributed by atoms with Crippen LogP contribution in [0.25, 0.3) is 0 Å². The largest absolute Gasteiger partial charge is 0.535 e. The van der Waals surface area contributed by atoms with Gasteiger partial charge in [-0.1, -0.05) is 12.1 Å². The number of rotatable bonds is 11. The van der Waals surface area contributed by atoms with Gasteiger partial charge in [-0.25, -0.2) is 14.0 Å². The summed E-state index contributed by atoms with van der Waals surface area (Å²) < 4.78 is 26.3. The molecule has 2 aromatic rings. The number of fused-ring (bicyclic) bond motifs is 1. The number of piperazine rings is 1. The molecule has 0 radical (unpaired) electrons. The summed E-state index contributed by atoms with van der Waals surface area (Å²) in [6.45, 7) is 2.54. The third-order valence-corrected chi connectivity index (χ3v) is 7.34. The molecule has 2 heterocycles. The Balaban J connectivity index is 1.59. The lowest BCUT2D eigenvalue weighted by Gasteiger charge is -2.33. The van der Waals surface area contributed by atoms with Crippen molar-refractivity contribution in [3.8, 4) is 11.5 Å². The number of hydrogen-bond donors (Lipinski definition) is 4. The normalized spacial score (nSPS) is 17.2. The Hall–Kier alpha value is -4.50. The Labute approximate surface area is 246 Å². The van der Waals surface area contributed by atoms with Crippen LogP contribution in [0.2, 0.25) is 5.82 Å². The van der Waals surface area contributed by atoms with Crippen LogP contribution < -0.4 is 20.4 Å². The molecule has 15 heteroatoms. The molecule has 1 fully saturated rings. The summed E-state index contributed by atoms with van der Waals surface area (Å²) in [5.41, 5.74) is 5.53. The molecule has 0 aliphatic carbocycles. The second-order valence-electron chi connectivity index (χ2n) is 10.1. The van der Waals surface area contributed by atoms with Crippen LogP contribution in [0, 0.1) is 5.82 Å². The van der Waals surface area contributed by atoms with Crippen molar-refractivity contribution in [3.63, 3.8) is 0 Å². The van der Waals surface area contributed by atoms with Crippen molar-refractivity contribution < 1.29 is 47.9 Å². The Morgan fingerprint density at radius 3 is 2.65 bits per heavy atom. The van der Waals surface area contributed by atoms with E-state index in [0.29, 0.717) is 23.4 Å². The summed E-state index contributed by atoms with van der Waals surface area (Å²) in [7, 11) is -1.57. The number of aromatic carboxylic acids is 1. The second-order valence-corrected chi connectivity index (χ2v) is 10.1. The molecule has 0 saturated carbocycles. The van der Waals surface area contributed by atoms with E-state index >= 15 is 4.39 Å². The fourth-order valence-corrected chi connectivity index (χ4v) is 5.01. The first-order valence-electron chi connectivity index (χ1n) is 13.8. The van der Waals surface area contributed by atoms with Gasteiger partial charge in [0.2, 0.25) is 0 Å². The summed E-state index contributed by atoms with van der Waals surface area (Å²) in [5.74, 6) is -5.52. The van der Waals surface area contributed by atoms with Gasteiger partial charge in [0.1, 0.15) is 23.4 Å². The Bertz CT molecular complexity index is 1420. The van der Waals surface area contributed by atoms with Gasteiger partial charge in [-0.2, -0.15) is 0 Å². The minimum absolute atomic E-state index is 0.0123. The SMILES string of the molecule is CCN1CCN(C(=O)NC(C(=O)C[C@H]2Cc3cccc(C(=O)O)c3OB2O)c2ccc(OCCCN)cc2F)C(=O)C1=O. The predicted molar refractivity (Wildman–Crippen MR) is 150 cm³/mol. The molecule has 4 rings (SSSR count). The van der Waals surface area contributed by atoms with Crippen molar-refractivity contribution in [1.29, 1.82) is 0 Å². The number of ether oxygens (including phenoxy) is 1. The number of benzene rings is 2. The number of nitrogens with zero attached hydrogens (tertiary/aromatic N) is 2. The van der Waals surface area contributed by atoms with Crippen LogP contribution in [-0.2, 0) is 20.8 Å². The number of halogens is 1. The highest BCUT2D eigenvalue weighted by atomic mass is 19.1. The number of nitrogens with two attached hydrogens (primary N) is 1. The number of hydrogen-bond acceptors (Lipinski definition) is 9. The first kappa shape index (κ1) is 31.4. The predicted octanol–water partition coefficient (Wildman–Crippen LogP) is 1.14. The molecular weight excluding hydrogens is 566 g/mol. The molecule has 5 N–H and O–H groups in total. The third kappa shape index (κ3) is 6.95. The molecule has 4 amide bonds. The van der Waals surface area contributed by atoms with Crippen LogP contribution in [0.3, 0.4) is 0 Å². The number of carbonyl (C=O) groups excluding carboxylic acids is 4. The Kier molecular flexibility index (Phi) is 9.98. The van der Waals surface area contributed by atoms with E-state index in [1.807, 2.05) is 0 Å². The number of urea groups is 1. The van der Waals surface area contributed by atoms with Crippen molar-refractivity contribution in [2.45, 2.75) is 38.0 Å². The third-order valence-electron chi connectivity index (χ3n) is 7.34. The number of likely N-dealkylation sites (N-methyl/N-ethyl adjacent to an activating group) is 1. The molecular formula is C28H32BFN4O9. The van der Waals surface area contributed by atoms with E-state index in [1.54, 1.807) is 13.0 Å². The smallest absolute Gasteiger partial charge is 0.526 e. The summed E-state index contributed by atoms with van der Waals surface area (Å²) in [6.07, 6.45) is 0.182. The maximum atomic E-state index is 15.4. The number of imide groups is 1. The lowest BCUT2D eigenvalue weighted by atomic mass is 9.64. The average Bonchev–Trinajstić information content (AvgIpc) is 2.97. The first-order valence-corrected chi connectivity index (χ1v) is 13.8. The van der Waals surface area contributed by atoms with Gasteiger partial charge in [-0.05, 0) is 50.1 Å². The number of carbonyl (C=O) groups is 5. The van der Waals surface area contributed by atoms with Gasteiger partial charge in [0.15, 0.2) is 5.78 Å². The van der Waals surface area contributed by atoms with E-state index in [-0.39, 0.29) is 55.3 Å². The zero-order valence-corrected chi connectivity index (χ0v) is 23.5. The maximum absolute atomic E-state index is 15.4. The maximum Gasteiger partial charge on any atom is 0.526 e. The lowest BCUT2D eigenvalue weighted by molar-refractivity contribution is -0.153. The molecule has 1 saturated heterocycles. The minimum Gasteiger partial charge on any atom is -0.535 e. The van der Waals surface area contributed by atoms with Gasteiger partial charge in [0, 0.05) is 43.5 Å². The highest BCUT2D eigenvalue weighted by Crippen LogP contribution is 2.37. The average molecular weight is 598 g/mol. The van der Waals surface area contributed by atoms with E-state index in [4.69, 9.17) is 15.1 Å². The zero-order chi connectivity index (χ0) is 31.3. The first-order chi connectivity index (χ1) is 20.5. The molecule has 2 aromatic carbocycles. The zero-order valence-electron chi connectivity index (χ0n) is 23.5. The van der Waals surface area contributed by atoms with Crippen LogP contribution in [0.4, 0.5) is 9.18 Å². The highest BCUT2D eigenvalue weighted by molar-refractivity contribution is 6.47.